The van der Waals surface area contributed by atoms with Crippen molar-refractivity contribution in [1.29, 1.82) is 0 Å². The SMILES string of the molecule is NC(=O)c1ccc(Oc2c(N)cncc2Br)cc1. The summed E-state index contributed by atoms with van der Waals surface area (Å²) in [6, 6.07) is 6.46. The molecule has 18 heavy (non-hydrogen) atoms. The van der Waals surface area contributed by atoms with E-state index in [1.54, 1.807) is 30.5 Å². The standard InChI is InChI=1S/C12H10BrN3O2/c13-9-5-16-6-10(14)11(9)18-8-3-1-7(2-4-8)12(15)17/h1-6H,14H2,(H2,15,17). The number of pyridine rings is 1. The zero-order valence-electron chi connectivity index (χ0n) is 9.26. The van der Waals surface area contributed by atoms with E-state index in [-0.39, 0.29) is 0 Å². The van der Waals surface area contributed by atoms with Crippen molar-refractivity contribution < 1.29 is 9.53 Å². The minimum atomic E-state index is -0.480. The number of hydrogen-bond donors (Lipinski definition) is 2. The summed E-state index contributed by atoms with van der Waals surface area (Å²) in [5, 5.41) is 0. The van der Waals surface area contributed by atoms with Crippen LogP contribution in [0.4, 0.5) is 5.69 Å². The van der Waals surface area contributed by atoms with Crippen LogP contribution >= 0.6 is 15.9 Å². The molecule has 0 unspecified atom stereocenters. The van der Waals surface area contributed by atoms with E-state index in [2.05, 4.69) is 20.9 Å². The topological polar surface area (TPSA) is 91.2 Å². The number of hydrogen-bond acceptors (Lipinski definition) is 4. The number of primary amides is 1. The van der Waals surface area contributed by atoms with E-state index < -0.39 is 5.91 Å². The Morgan fingerprint density at radius 1 is 1.22 bits per heavy atom. The molecule has 0 aliphatic carbocycles. The highest BCUT2D eigenvalue weighted by Gasteiger charge is 2.08. The molecule has 0 spiro atoms. The average molecular weight is 308 g/mol. The van der Waals surface area contributed by atoms with Crippen LogP contribution in [-0.4, -0.2) is 10.9 Å². The summed E-state index contributed by atoms with van der Waals surface area (Å²) < 4.78 is 6.26. The number of anilines is 1. The minimum absolute atomic E-state index is 0.420. The van der Waals surface area contributed by atoms with Gasteiger partial charge in [-0.1, -0.05) is 0 Å². The molecule has 0 saturated heterocycles. The number of nitrogens with two attached hydrogens (primary N) is 2. The van der Waals surface area contributed by atoms with Gasteiger partial charge in [-0.05, 0) is 40.2 Å². The largest absolute Gasteiger partial charge is 0.454 e. The first-order chi connectivity index (χ1) is 8.58. The Morgan fingerprint density at radius 2 is 1.89 bits per heavy atom. The van der Waals surface area contributed by atoms with Crippen LogP contribution in [0.1, 0.15) is 10.4 Å². The van der Waals surface area contributed by atoms with Gasteiger partial charge in [0.05, 0.1) is 16.4 Å². The van der Waals surface area contributed by atoms with Crippen LogP contribution in [-0.2, 0) is 0 Å². The predicted molar refractivity (Wildman–Crippen MR) is 71.4 cm³/mol. The first kappa shape index (κ1) is 12.4. The average Bonchev–Trinajstić information content (AvgIpc) is 2.34. The molecule has 6 heteroatoms. The molecule has 1 heterocycles. The predicted octanol–water partition coefficient (Wildman–Crippen LogP) is 2.32. The first-order valence-electron chi connectivity index (χ1n) is 5.04. The molecule has 0 fully saturated rings. The van der Waals surface area contributed by atoms with Gasteiger partial charge < -0.3 is 16.2 Å². The molecule has 1 aromatic carbocycles. The Kier molecular flexibility index (Phi) is 3.47. The van der Waals surface area contributed by atoms with Crippen LogP contribution in [0.25, 0.3) is 0 Å². The molecule has 0 atom stereocenters. The third-order valence-corrected chi connectivity index (χ3v) is 2.80. The van der Waals surface area contributed by atoms with E-state index in [0.29, 0.717) is 27.2 Å². The van der Waals surface area contributed by atoms with Crippen molar-refractivity contribution in [2.75, 3.05) is 5.73 Å². The monoisotopic (exact) mass is 307 g/mol. The number of rotatable bonds is 3. The number of nitrogens with zero attached hydrogens (tertiary/aromatic N) is 1. The van der Waals surface area contributed by atoms with Crippen molar-refractivity contribution in [3.05, 3.63) is 46.7 Å². The fourth-order valence-electron chi connectivity index (χ4n) is 1.35. The molecule has 4 N–H and O–H groups in total. The summed E-state index contributed by atoms with van der Waals surface area (Å²) in [5.41, 5.74) is 11.7. The van der Waals surface area contributed by atoms with E-state index in [9.17, 15) is 4.79 Å². The number of ether oxygens (including phenoxy) is 1. The van der Waals surface area contributed by atoms with Crippen molar-refractivity contribution >= 4 is 27.5 Å². The fraction of sp³-hybridized carbons (Fsp3) is 0. The molecule has 0 aliphatic heterocycles. The minimum Gasteiger partial charge on any atom is -0.454 e. The molecule has 2 aromatic rings. The summed E-state index contributed by atoms with van der Waals surface area (Å²) in [4.78, 5) is 14.8. The maximum atomic E-state index is 10.9. The molecule has 0 aliphatic rings. The van der Waals surface area contributed by atoms with Gasteiger partial charge in [0.2, 0.25) is 5.91 Å². The van der Waals surface area contributed by atoms with Gasteiger partial charge in [0.25, 0.3) is 0 Å². The second kappa shape index (κ2) is 5.05. The van der Waals surface area contributed by atoms with Crippen molar-refractivity contribution in [1.82, 2.24) is 4.98 Å². The third kappa shape index (κ3) is 2.60. The highest BCUT2D eigenvalue weighted by molar-refractivity contribution is 9.10. The normalized spacial score (nSPS) is 10.1. The molecule has 0 saturated carbocycles. The maximum absolute atomic E-state index is 10.9. The lowest BCUT2D eigenvalue weighted by Crippen LogP contribution is -2.10. The summed E-state index contributed by atoms with van der Waals surface area (Å²) in [7, 11) is 0. The Balaban J connectivity index is 2.26. The van der Waals surface area contributed by atoms with Crippen molar-refractivity contribution in [3.63, 3.8) is 0 Å². The first-order valence-corrected chi connectivity index (χ1v) is 5.84. The molecule has 0 radical (unpaired) electrons. The van der Waals surface area contributed by atoms with Gasteiger partial charge in [0.15, 0.2) is 5.75 Å². The van der Waals surface area contributed by atoms with Gasteiger partial charge in [0.1, 0.15) is 5.75 Å². The Bertz CT molecular complexity index is 564. The van der Waals surface area contributed by atoms with Crippen LogP contribution in [0.5, 0.6) is 11.5 Å². The lowest BCUT2D eigenvalue weighted by molar-refractivity contribution is 0.100. The fourth-order valence-corrected chi connectivity index (χ4v) is 1.78. The Labute approximate surface area is 112 Å². The summed E-state index contributed by atoms with van der Waals surface area (Å²) in [5.74, 6) is 0.557. The van der Waals surface area contributed by atoms with Crippen LogP contribution in [0.15, 0.2) is 41.1 Å². The van der Waals surface area contributed by atoms with Crippen LogP contribution in [0.3, 0.4) is 0 Å². The van der Waals surface area contributed by atoms with Crippen molar-refractivity contribution in [2.24, 2.45) is 5.73 Å². The Hall–Kier alpha value is -2.08. The van der Waals surface area contributed by atoms with E-state index in [1.807, 2.05) is 0 Å². The van der Waals surface area contributed by atoms with Gasteiger partial charge in [-0.15, -0.1) is 0 Å². The highest BCUT2D eigenvalue weighted by atomic mass is 79.9. The third-order valence-electron chi connectivity index (χ3n) is 2.24. The van der Waals surface area contributed by atoms with E-state index in [0.717, 1.165) is 0 Å². The van der Waals surface area contributed by atoms with E-state index in [1.165, 1.54) is 6.20 Å². The number of halogens is 1. The number of benzene rings is 1. The van der Waals surface area contributed by atoms with E-state index >= 15 is 0 Å². The summed E-state index contributed by atoms with van der Waals surface area (Å²) >= 11 is 3.30. The lowest BCUT2D eigenvalue weighted by Gasteiger charge is -2.09. The van der Waals surface area contributed by atoms with Crippen LogP contribution in [0.2, 0.25) is 0 Å². The highest BCUT2D eigenvalue weighted by Crippen LogP contribution is 2.33. The molecule has 2 rings (SSSR count). The molecule has 0 bridgehead atoms. The molecule has 1 aromatic heterocycles. The maximum Gasteiger partial charge on any atom is 0.248 e. The zero-order valence-corrected chi connectivity index (χ0v) is 10.8. The van der Waals surface area contributed by atoms with Gasteiger partial charge in [-0.3, -0.25) is 9.78 Å². The molecular formula is C12H10BrN3O2. The molecule has 1 amide bonds. The number of carbonyl (C=O) groups excluding carboxylic acids is 1. The van der Waals surface area contributed by atoms with Crippen LogP contribution in [0, 0.1) is 0 Å². The smallest absolute Gasteiger partial charge is 0.248 e. The van der Waals surface area contributed by atoms with Crippen molar-refractivity contribution in [3.8, 4) is 11.5 Å². The van der Waals surface area contributed by atoms with Crippen molar-refractivity contribution in [2.45, 2.75) is 0 Å². The summed E-state index contributed by atoms with van der Waals surface area (Å²) in [6.07, 6.45) is 3.08. The number of carbonyl (C=O) groups is 1. The quantitative estimate of drug-likeness (QED) is 0.910. The molecular weight excluding hydrogens is 298 g/mol. The molecule has 5 nitrogen and oxygen atoms in total. The lowest BCUT2D eigenvalue weighted by atomic mass is 10.2. The number of amides is 1. The zero-order chi connectivity index (χ0) is 13.1. The van der Waals surface area contributed by atoms with Crippen LogP contribution < -0.4 is 16.2 Å². The van der Waals surface area contributed by atoms with Gasteiger partial charge in [-0.2, -0.15) is 0 Å². The van der Waals surface area contributed by atoms with E-state index in [4.69, 9.17) is 16.2 Å². The van der Waals surface area contributed by atoms with Gasteiger partial charge >= 0.3 is 0 Å². The summed E-state index contributed by atoms with van der Waals surface area (Å²) in [6.45, 7) is 0. The second-order valence-corrected chi connectivity index (χ2v) is 4.38. The number of nitrogen functional groups attached to an aromatic ring is 1. The molecule has 92 valence electrons. The number of aromatic nitrogens is 1. The second-order valence-electron chi connectivity index (χ2n) is 3.53. The van der Waals surface area contributed by atoms with Gasteiger partial charge in [0, 0.05) is 11.8 Å². The van der Waals surface area contributed by atoms with Gasteiger partial charge in [-0.25, -0.2) is 0 Å². The Morgan fingerprint density at radius 3 is 2.44 bits per heavy atom.